The number of amides is 3. The van der Waals surface area contributed by atoms with Crippen LogP contribution in [0.25, 0.3) is 0 Å². The van der Waals surface area contributed by atoms with Gasteiger partial charge in [0.15, 0.2) is 5.11 Å². The first-order valence-electron chi connectivity index (χ1n) is 9.64. The van der Waals surface area contributed by atoms with E-state index in [1.165, 1.54) is 11.8 Å². The molecule has 0 saturated heterocycles. The molecule has 0 radical (unpaired) electrons. The molecule has 2 atom stereocenters. The minimum absolute atomic E-state index is 0.235. The Morgan fingerprint density at radius 2 is 1.77 bits per heavy atom. The highest BCUT2D eigenvalue weighted by Gasteiger charge is 2.27. The van der Waals surface area contributed by atoms with Crippen LogP contribution in [-0.2, 0) is 9.59 Å². The molecule has 0 heterocycles. The van der Waals surface area contributed by atoms with Gasteiger partial charge in [-0.25, -0.2) is 4.79 Å². The van der Waals surface area contributed by atoms with Crippen molar-refractivity contribution in [3.8, 4) is 0 Å². The molecule has 1 aromatic rings. The van der Waals surface area contributed by atoms with Crippen LogP contribution in [0.5, 0.6) is 0 Å². The van der Waals surface area contributed by atoms with E-state index < -0.39 is 35.5 Å². The number of thiocarbonyl (C=S) groups is 1. The molecule has 6 N–H and O–H groups in total. The third kappa shape index (κ3) is 8.64. The average molecular weight is 438 g/mol. The lowest BCUT2D eigenvalue weighted by Gasteiger charge is -2.33. The largest absolute Gasteiger partial charge is 0.465 e. The summed E-state index contributed by atoms with van der Waals surface area (Å²) in [4.78, 5) is 36.8. The van der Waals surface area contributed by atoms with Crippen molar-refractivity contribution in [2.24, 2.45) is 5.73 Å². The summed E-state index contributed by atoms with van der Waals surface area (Å²) >= 11 is 5.30. The number of carbonyl (C=O) groups is 3. The SMILES string of the molecule is CC(NC(=O)C(CCCN(C(=O)O)C(C)(C)C)NC(=S)Nc1ccccc1)C(N)=O. The third-order valence-corrected chi connectivity index (χ3v) is 4.57. The van der Waals surface area contributed by atoms with Crippen LogP contribution in [0, 0.1) is 0 Å². The number of anilines is 1. The number of carboxylic acid groups (broad SMARTS) is 1. The molecule has 166 valence electrons. The molecule has 0 bridgehead atoms. The average Bonchev–Trinajstić information content (AvgIpc) is 2.63. The fraction of sp³-hybridized carbons (Fsp3) is 0.500. The topological polar surface area (TPSA) is 137 Å². The molecule has 0 aliphatic carbocycles. The Morgan fingerprint density at radius 1 is 1.17 bits per heavy atom. The van der Waals surface area contributed by atoms with E-state index >= 15 is 0 Å². The normalized spacial score (nSPS) is 12.9. The van der Waals surface area contributed by atoms with Gasteiger partial charge < -0.3 is 31.7 Å². The molecular weight excluding hydrogens is 406 g/mol. The Balaban J connectivity index is 2.81. The summed E-state index contributed by atoms with van der Waals surface area (Å²) in [7, 11) is 0. The van der Waals surface area contributed by atoms with Gasteiger partial charge in [0.2, 0.25) is 11.8 Å². The van der Waals surface area contributed by atoms with Gasteiger partial charge in [0.05, 0.1) is 0 Å². The van der Waals surface area contributed by atoms with Gasteiger partial charge in [-0.1, -0.05) is 18.2 Å². The first-order valence-corrected chi connectivity index (χ1v) is 10.1. The second-order valence-corrected chi connectivity index (χ2v) is 8.31. The molecule has 9 nitrogen and oxygen atoms in total. The number of hydrogen-bond donors (Lipinski definition) is 5. The lowest BCUT2D eigenvalue weighted by molar-refractivity contribution is -0.128. The maximum atomic E-state index is 12.7. The van der Waals surface area contributed by atoms with Gasteiger partial charge in [0.1, 0.15) is 12.1 Å². The predicted octanol–water partition coefficient (Wildman–Crippen LogP) is 1.89. The molecule has 0 aliphatic heterocycles. The molecule has 0 spiro atoms. The van der Waals surface area contributed by atoms with Gasteiger partial charge >= 0.3 is 6.09 Å². The maximum absolute atomic E-state index is 12.7. The Morgan fingerprint density at radius 3 is 2.27 bits per heavy atom. The molecule has 10 heteroatoms. The minimum Gasteiger partial charge on any atom is -0.465 e. The van der Waals surface area contributed by atoms with E-state index in [-0.39, 0.29) is 11.7 Å². The van der Waals surface area contributed by atoms with Gasteiger partial charge in [-0.3, -0.25) is 9.59 Å². The van der Waals surface area contributed by atoms with Crippen molar-refractivity contribution in [1.29, 1.82) is 0 Å². The van der Waals surface area contributed by atoms with Crippen molar-refractivity contribution in [2.45, 2.75) is 58.2 Å². The third-order valence-electron chi connectivity index (χ3n) is 4.35. The van der Waals surface area contributed by atoms with Crippen LogP contribution in [-0.4, -0.2) is 57.2 Å². The zero-order valence-corrected chi connectivity index (χ0v) is 18.6. The zero-order valence-electron chi connectivity index (χ0n) is 17.8. The van der Waals surface area contributed by atoms with Crippen LogP contribution in [0.3, 0.4) is 0 Å². The van der Waals surface area contributed by atoms with Gasteiger partial charge in [0, 0.05) is 17.8 Å². The van der Waals surface area contributed by atoms with E-state index in [0.29, 0.717) is 12.8 Å². The first kappa shape index (κ1) is 25.2. The van der Waals surface area contributed by atoms with Gasteiger partial charge in [-0.05, 0) is 64.9 Å². The number of nitrogens with zero attached hydrogens (tertiary/aromatic N) is 1. The van der Waals surface area contributed by atoms with Gasteiger partial charge in [-0.15, -0.1) is 0 Å². The first-order chi connectivity index (χ1) is 13.9. The van der Waals surface area contributed by atoms with E-state index in [0.717, 1.165) is 5.69 Å². The van der Waals surface area contributed by atoms with Crippen molar-refractivity contribution in [3.63, 3.8) is 0 Å². The summed E-state index contributed by atoms with van der Waals surface area (Å²) in [5, 5.41) is 18.1. The van der Waals surface area contributed by atoms with Crippen LogP contribution >= 0.6 is 12.2 Å². The zero-order chi connectivity index (χ0) is 22.9. The number of nitrogens with one attached hydrogen (secondary N) is 3. The molecule has 30 heavy (non-hydrogen) atoms. The summed E-state index contributed by atoms with van der Waals surface area (Å²) in [6.45, 7) is 7.14. The number of benzene rings is 1. The molecule has 1 rings (SSSR count). The van der Waals surface area contributed by atoms with Crippen LogP contribution in [0.1, 0.15) is 40.5 Å². The van der Waals surface area contributed by atoms with Crippen LogP contribution in [0.2, 0.25) is 0 Å². The Labute approximate surface area is 182 Å². The summed E-state index contributed by atoms with van der Waals surface area (Å²) < 4.78 is 0. The Bertz CT molecular complexity index is 751. The summed E-state index contributed by atoms with van der Waals surface area (Å²) in [5.41, 5.74) is 5.41. The summed E-state index contributed by atoms with van der Waals surface area (Å²) in [5.74, 6) is -1.10. The van der Waals surface area contributed by atoms with Crippen molar-refractivity contribution in [2.75, 3.05) is 11.9 Å². The molecule has 0 fully saturated rings. The summed E-state index contributed by atoms with van der Waals surface area (Å²) in [6, 6.07) is 7.59. The predicted molar refractivity (Wildman–Crippen MR) is 120 cm³/mol. The molecule has 0 aromatic heterocycles. The second kappa shape index (κ2) is 11.3. The fourth-order valence-corrected chi connectivity index (χ4v) is 2.93. The number of primary amides is 1. The lowest BCUT2D eigenvalue weighted by atomic mass is 10.0. The monoisotopic (exact) mass is 437 g/mol. The van der Waals surface area contributed by atoms with E-state index in [9.17, 15) is 19.5 Å². The number of nitrogens with two attached hydrogens (primary N) is 1. The molecule has 3 amide bonds. The smallest absolute Gasteiger partial charge is 0.407 e. The molecule has 0 aliphatic rings. The van der Waals surface area contributed by atoms with E-state index in [4.69, 9.17) is 18.0 Å². The van der Waals surface area contributed by atoms with Gasteiger partial charge in [-0.2, -0.15) is 0 Å². The van der Waals surface area contributed by atoms with Gasteiger partial charge in [0.25, 0.3) is 0 Å². The standard InChI is InChI=1S/C20H31N5O4S/c1-13(16(21)26)22-17(27)15(11-8-12-25(19(28)29)20(2,3)4)24-18(30)23-14-9-6-5-7-10-14/h5-7,9-10,13,15H,8,11-12H2,1-4H3,(H2,21,26)(H,22,27)(H,28,29)(H2,23,24,30). The van der Waals surface area contributed by atoms with E-state index in [1.807, 2.05) is 30.3 Å². The summed E-state index contributed by atoms with van der Waals surface area (Å²) in [6.07, 6.45) is -0.318. The van der Waals surface area contributed by atoms with E-state index in [2.05, 4.69) is 16.0 Å². The number of rotatable bonds is 9. The molecule has 1 aromatic carbocycles. The quantitative estimate of drug-likeness (QED) is 0.372. The van der Waals surface area contributed by atoms with Crippen molar-refractivity contribution < 1.29 is 19.5 Å². The van der Waals surface area contributed by atoms with Crippen molar-refractivity contribution in [3.05, 3.63) is 30.3 Å². The Kier molecular flexibility index (Phi) is 9.51. The molecule has 2 unspecified atom stereocenters. The maximum Gasteiger partial charge on any atom is 0.407 e. The second-order valence-electron chi connectivity index (χ2n) is 7.90. The highest BCUT2D eigenvalue weighted by atomic mass is 32.1. The minimum atomic E-state index is -1.03. The van der Waals surface area contributed by atoms with Crippen LogP contribution in [0.15, 0.2) is 30.3 Å². The van der Waals surface area contributed by atoms with Crippen molar-refractivity contribution in [1.82, 2.24) is 15.5 Å². The number of carbonyl (C=O) groups excluding carboxylic acids is 2. The highest BCUT2D eigenvalue weighted by Crippen LogP contribution is 2.15. The van der Waals surface area contributed by atoms with Crippen LogP contribution in [0.4, 0.5) is 10.5 Å². The van der Waals surface area contributed by atoms with Crippen molar-refractivity contribution >= 4 is 40.9 Å². The molecular formula is C20H31N5O4S. The van der Waals surface area contributed by atoms with Crippen LogP contribution < -0.4 is 21.7 Å². The lowest BCUT2D eigenvalue weighted by Crippen LogP contribution is -2.53. The van der Waals surface area contributed by atoms with E-state index in [1.54, 1.807) is 20.8 Å². The fourth-order valence-electron chi connectivity index (χ4n) is 2.67. The number of para-hydroxylation sites is 1. The Hall–Kier alpha value is -2.88. The number of hydrogen-bond acceptors (Lipinski definition) is 4. The molecule has 0 saturated carbocycles. The highest BCUT2D eigenvalue weighted by molar-refractivity contribution is 7.80.